The molecule has 2 N–H and O–H groups in total. The number of carboxylic acid groups (broad SMARTS) is 1. The van der Waals surface area contributed by atoms with Crippen LogP contribution in [0.15, 0.2) is 35.8 Å². The van der Waals surface area contributed by atoms with Crippen LogP contribution >= 0.6 is 11.3 Å². The van der Waals surface area contributed by atoms with Crippen molar-refractivity contribution < 1.29 is 15.0 Å². The van der Waals surface area contributed by atoms with Crippen LogP contribution in [0.2, 0.25) is 0 Å². The number of hydrogen-bond acceptors (Lipinski definition) is 4. The Balaban J connectivity index is 0.000000386. The second-order valence-corrected chi connectivity index (χ2v) is 3.82. The van der Waals surface area contributed by atoms with E-state index in [9.17, 15) is 5.11 Å². The number of carbonyl (C=O) groups is 1. The maximum absolute atomic E-state index is 9.49. The second kappa shape index (κ2) is 6.58. The zero-order valence-electron chi connectivity index (χ0n) is 8.41. The van der Waals surface area contributed by atoms with Crippen LogP contribution in [0.1, 0.15) is 10.6 Å². The van der Waals surface area contributed by atoms with Crippen molar-refractivity contribution >= 4 is 17.8 Å². The summed E-state index contributed by atoms with van der Waals surface area (Å²) in [5, 5.41) is 19.3. The predicted octanol–water partition coefficient (Wildman–Crippen LogP) is 2.14. The molecule has 0 fully saturated rings. The first-order valence-electron chi connectivity index (χ1n) is 4.51. The molecule has 0 aliphatic rings. The fourth-order valence-corrected chi connectivity index (χ4v) is 1.80. The quantitative estimate of drug-likeness (QED) is 0.785. The summed E-state index contributed by atoms with van der Waals surface area (Å²) in [5.41, 5.74) is 0.928. The normalized spacial score (nSPS) is 9.00. The van der Waals surface area contributed by atoms with Crippen LogP contribution in [0.3, 0.4) is 0 Å². The van der Waals surface area contributed by atoms with Crippen LogP contribution in [-0.4, -0.2) is 21.7 Å². The maximum atomic E-state index is 9.49. The third-order valence-corrected chi connectivity index (χ3v) is 2.60. The molecule has 0 aliphatic heterocycles. The molecule has 0 saturated heterocycles. The van der Waals surface area contributed by atoms with Crippen LogP contribution in [0.4, 0.5) is 0 Å². The van der Waals surface area contributed by atoms with Gasteiger partial charge in [0.25, 0.3) is 6.47 Å². The van der Waals surface area contributed by atoms with Crippen LogP contribution < -0.4 is 0 Å². The van der Waals surface area contributed by atoms with Crippen LogP contribution in [0.25, 0.3) is 0 Å². The standard InChI is InChI=1S/C10H9NOS.CH2O2/c12-9-4-2-1-3-8(9)7-10-11-5-6-13-10;2-1-3/h1-6,12H,7H2;1H,(H,2,3). The monoisotopic (exact) mass is 237 g/mol. The summed E-state index contributed by atoms with van der Waals surface area (Å²) in [4.78, 5) is 12.5. The van der Waals surface area contributed by atoms with Gasteiger partial charge in [0.1, 0.15) is 5.75 Å². The Morgan fingerprint density at radius 1 is 1.38 bits per heavy atom. The highest BCUT2D eigenvalue weighted by Crippen LogP contribution is 2.20. The number of rotatable bonds is 2. The number of hydrogen-bond donors (Lipinski definition) is 2. The molecule has 1 heterocycles. The molecule has 0 aliphatic carbocycles. The van der Waals surface area contributed by atoms with Gasteiger partial charge in [-0.2, -0.15) is 0 Å². The number of benzene rings is 1. The third kappa shape index (κ3) is 3.70. The maximum Gasteiger partial charge on any atom is 0.290 e. The Bertz CT molecular complexity index is 429. The molecule has 0 radical (unpaired) electrons. The molecule has 0 amide bonds. The van der Waals surface area contributed by atoms with Crippen molar-refractivity contribution in [3.05, 3.63) is 46.4 Å². The lowest BCUT2D eigenvalue weighted by Gasteiger charge is -2.00. The van der Waals surface area contributed by atoms with Gasteiger partial charge in [-0.1, -0.05) is 18.2 Å². The van der Waals surface area contributed by atoms with Crippen molar-refractivity contribution in [3.8, 4) is 5.75 Å². The topological polar surface area (TPSA) is 70.4 Å². The Morgan fingerprint density at radius 3 is 2.62 bits per heavy atom. The third-order valence-electron chi connectivity index (χ3n) is 1.82. The lowest BCUT2D eigenvalue weighted by molar-refractivity contribution is -0.122. The molecule has 4 nitrogen and oxygen atoms in total. The van der Waals surface area contributed by atoms with E-state index >= 15 is 0 Å². The van der Waals surface area contributed by atoms with Gasteiger partial charge in [-0.15, -0.1) is 11.3 Å². The van der Waals surface area contributed by atoms with Gasteiger partial charge in [0, 0.05) is 23.6 Å². The van der Waals surface area contributed by atoms with E-state index in [1.165, 1.54) is 0 Å². The van der Waals surface area contributed by atoms with E-state index in [0.29, 0.717) is 12.2 Å². The average Bonchev–Trinajstić information content (AvgIpc) is 2.75. The van der Waals surface area contributed by atoms with Gasteiger partial charge >= 0.3 is 0 Å². The van der Waals surface area contributed by atoms with E-state index < -0.39 is 0 Å². The van der Waals surface area contributed by atoms with Gasteiger partial charge in [-0.3, -0.25) is 4.79 Å². The second-order valence-electron chi connectivity index (χ2n) is 2.84. The van der Waals surface area contributed by atoms with Gasteiger partial charge < -0.3 is 10.2 Å². The molecular weight excluding hydrogens is 226 g/mol. The zero-order valence-corrected chi connectivity index (χ0v) is 9.22. The van der Waals surface area contributed by atoms with E-state index in [1.807, 2.05) is 23.6 Å². The molecule has 0 atom stereocenters. The highest BCUT2D eigenvalue weighted by Gasteiger charge is 2.02. The van der Waals surface area contributed by atoms with E-state index in [2.05, 4.69) is 4.98 Å². The van der Waals surface area contributed by atoms with Crippen molar-refractivity contribution in [1.29, 1.82) is 0 Å². The number of aromatic hydroxyl groups is 1. The van der Waals surface area contributed by atoms with Gasteiger partial charge in [-0.25, -0.2) is 4.98 Å². The summed E-state index contributed by atoms with van der Waals surface area (Å²) >= 11 is 1.60. The van der Waals surface area contributed by atoms with Crippen LogP contribution in [-0.2, 0) is 11.2 Å². The van der Waals surface area contributed by atoms with E-state index in [4.69, 9.17) is 9.90 Å². The Kier molecular flexibility index (Phi) is 5.01. The minimum atomic E-state index is -0.250. The summed E-state index contributed by atoms with van der Waals surface area (Å²) in [6.07, 6.45) is 2.49. The molecule has 84 valence electrons. The van der Waals surface area contributed by atoms with Crippen molar-refractivity contribution in [3.63, 3.8) is 0 Å². The fraction of sp³-hybridized carbons (Fsp3) is 0.0909. The number of phenols is 1. The minimum Gasteiger partial charge on any atom is -0.508 e. The molecule has 0 unspecified atom stereocenters. The number of aromatic nitrogens is 1. The summed E-state index contributed by atoms with van der Waals surface area (Å²) < 4.78 is 0. The Morgan fingerprint density at radius 2 is 2.06 bits per heavy atom. The first-order chi connectivity index (χ1) is 7.77. The Labute approximate surface area is 96.8 Å². The lowest BCUT2D eigenvalue weighted by atomic mass is 10.1. The number of nitrogens with zero attached hydrogens (tertiary/aromatic N) is 1. The van der Waals surface area contributed by atoms with Crippen molar-refractivity contribution in [1.82, 2.24) is 4.98 Å². The van der Waals surface area contributed by atoms with Crippen molar-refractivity contribution in [2.75, 3.05) is 0 Å². The predicted molar refractivity (Wildman–Crippen MR) is 61.7 cm³/mol. The van der Waals surface area contributed by atoms with Gasteiger partial charge in [0.2, 0.25) is 0 Å². The average molecular weight is 237 g/mol. The molecule has 1 aromatic carbocycles. The molecule has 0 spiro atoms. The smallest absolute Gasteiger partial charge is 0.290 e. The van der Waals surface area contributed by atoms with Crippen molar-refractivity contribution in [2.24, 2.45) is 0 Å². The van der Waals surface area contributed by atoms with E-state index in [-0.39, 0.29) is 6.47 Å². The molecule has 5 heteroatoms. The van der Waals surface area contributed by atoms with Gasteiger partial charge in [0.15, 0.2) is 0 Å². The summed E-state index contributed by atoms with van der Waals surface area (Å²) in [5.74, 6) is 0.345. The summed E-state index contributed by atoms with van der Waals surface area (Å²) in [6, 6.07) is 7.35. The zero-order chi connectivity index (χ0) is 11.8. The minimum absolute atomic E-state index is 0.250. The number of phenolic OH excluding ortho intramolecular Hbond substituents is 1. The molecule has 16 heavy (non-hydrogen) atoms. The highest BCUT2D eigenvalue weighted by atomic mass is 32.1. The van der Waals surface area contributed by atoms with Crippen LogP contribution in [0, 0.1) is 0 Å². The fourth-order valence-electron chi connectivity index (χ4n) is 1.16. The van der Waals surface area contributed by atoms with Crippen molar-refractivity contribution in [2.45, 2.75) is 6.42 Å². The van der Waals surface area contributed by atoms with E-state index in [1.54, 1.807) is 23.6 Å². The van der Waals surface area contributed by atoms with Gasteiger partial charge in [-0.05, 0) is 6.07 Å². The highest BCUT2D eigenvalue weighted by molar-refractivity contribution is 7.09. The summed E-state index contributed by atoms with van der Waals surface area (Å²) in [6.45, 7) is -0.250. The SMILES string of the molecule is O=CO.Oc1ccccc1Cc1nccs1. The van der Waals surface area contributed by atoms with E-state index in [0.717, 1.165) is 10.6 Å². The Hall–Kier alpha value is -1.88. The molecule has 1 aromatic heterocycles. The van der Waals surface area contributed by atoms with Crippen LogP contribution in [0.5, 0.6) is 5.75 Å². The largest absolute Gasteiger partial charge is 0.508 e. The lowest BCUT2D eigenvalue weighted by Crippen LogP contribution is -1.86. The molecule has 0 saturated carbocycles. The first kappa shape index (κ1) is 12.2. The molecule has 0 bridgehead atoms. The molecular formula is C11H11NO3S. The number of thiazole rings is 1. The number of para-hydroxylation sites is 1. The first-order valence-corrected chi connectivity index (χ1v) is 5.39. The summed E-state index contributed by atoms with van der Waals surface area (Å²) in [7, 11) is 0. The molecule has 2 rings (SSSR count). The van der Waals surface area contributed by atoms with Gasteiger partial charge in [0.05, 0.1) is 5.01 Å². The molecule has 2 aromatic rings.